The summed E-state index contributed by atoms with van der Waals surface area (Å²) in [5.74, 6) is 0.665. The van der Waals surface area contributed by atoms with E-state index in [0.717, 1.165) is 43.5 Å². The summed E-state index contributed by atoms with van der Waals surface area (Å²) in [6.45, 7) is 2.71. The van der Waals surface area contributed by atoms with Crippen LogP contribution in [0.25, 0.3) is 0 Å². The highest BCUT2D eigenvalue weighted by Crippen LogP contribution is 2.27. The molecular weight excluding hydrogens is 264 g/mol. The Hall–Kier alpha value is -1.55. The van der Waals surface area contributed by atoms with Crippen LogP contribution in [-0.2, 0) is 4.79 Å². The number of nitrogens with one attached hydrogen (secondary N) is 1. The monoisotopic (exact) mass is 290 g/mol. The normalized spacial score (nSPS) is 22.4. The first-order valence-electron chi connectivity index (χ1n) is 8.00. The van der Waals surface area contributed by atoms with Gasteiger partial charge in [-0.05, 0) is 31.4 Å². The number of benzene rings is 1. The van der Waals surface area contributed by atoms with Gasteiger partial charge in [-0.2, -0.15) is 0 Å². The zero-order chi connectivity index (χ0) is 15.1. The number of hydrogen-bond donors (Lipinski definition) is 2. The van der Waals surface area contributed by atoms with E-state index in [1.165, 1.54) is 6.42 Å². The molecule has 21 heavy (non-hydrogen) atoms. The minimum Gasteiger partial charge on any atom is -0.491 e. The third-order valence-corrected chi connectivity index (χ3v) is 4.01. The second-order valence-corrected chi connectivity index (χ2v) is 5.74. The molecule has 0 aliphatic heterocycles. The largest absolute Gasteiger partial charge is 0.491 e. The first kappa shape index (κ1) is 15.8. The van der Waals surface area contributed by atoms with Gasteiger partial charge in [-0.15, -0.1) is 0 Å². The van der Waals surface area contributed by atoms with E-state index in [-0.39, 0.29) is 17.9 Å². The van der Waals surface area contributed by atoms with Crippen LogP contribution in [0, 0.1) is 5.92 Å². The Kier molecular flexibility index (Phi) is 6.05. The average molecular weight is 290 g/mol. The molecule has 2 rings (SSSR count). The van der Waals surface area contributed by atoms with Crippen LogP contribution in [0.3, 0.4) is 0 Å². The Bertz CT molecular complexity index is 462. The standard InChI is InChI=1S/C17H26N2O2/c1-2-12-21-16-11-7-6-10-15(16)19-17(20)13-8-4-3-5-9-14(13)18/h6-7,10-11,13-14H,2-5,8-9,12,18H2,1H3,(H,19,20). The number of carbonyl (C=O) groups excluding carboxylic acids is 1. The molecule has 0 radical (unpaired) electrons. The van der Waals surface area contributed by atoms with Crippen molar-refractivity contribution in [1.82, 2.24) is 0 Å². The maximum absolute atomic E-state index is 12.5. The average Bonchev–Trinajstić information content (AvgIpc) is 2.71. The van der Waals surface area contributed by atoms with E-state index in [4.69, 9.17) is 10.5 Å². The molecule has 0 saturated heterocycles. The molecule has 4 nitrogen and oxygen atoms in total. The Morgan fingerprint density at radius 2 is 2.05 bits per heavy atom. The fourth-order valence-corrected chi connectivity index (χ4v) is 2.80. The number of rotatable bonds is 5. The smallest absolute Gasteiger partial charge is 0.229 e. The van der Waals surface area contributed by atoms with E-state index in [1.807, 2.05) is 24.3 Å². The number of hydrogen-bond acceptors (Lipinski definition) is 3. The molecule has 0 bridgehead atoms. The summed E-state index contributed by atoms with van der Waals surface area (Å²) in [5, 5.41) is 3.00. The lowest BCUT2D eigenvalue weighted by Crippen LogP contribution is -2.37. The van der Waals surface area contributed by atoms with E-state index in [2.05, 4.69) is 12.2 Å². The molecule has 0 spiro atoms. The molecule has 1 fully saturated rings. The minimum absolute atomic E-state index is 0.0250. The lowest BCUT2D eigenvalue weighted by Gasteiger charge is -2.21. The fraction of sp³-hybridized carbons (Fsp3) is 0.588. The van der Waals surface area contributed by atoms with Gasteiger partial charge in [0.05, 0.1) is 18.2 Å². The van der Waals surface area contributed by atoms with E-state index >= 15 is 0 Å². The lowest BCUT2D eigenvalue weighted by molar-refractivity contribution is -0.120. The van der Waals surface area contributed by atoms with Crippen LogP contribution in [0.1, 0.15) is 45.4 Å². The van der Waals surface area contributed by atoms with Gasteiger partial charge in [0, 0.05) is 6.04 Å². The van der Waals surface area contributed by atoms with Crippen LogP contribution in [-0.4, -0.2) is 18.6 Å². The van der Waals surface area contributed by atoms with Crippen molar-refractivity contribution in [2.75, 3.05) is 11.9 Å². The first-order valence-corrected chi connectivity index (χ1v) is 8.00. The second-order valence-electron chi connectivity index (χ2n) is 5.74. The molecule has 1 amide bonds. The van der Waals surface area contributed by atoms with Gasteiger partial charge in [0.25, 0.3) is 0 Å². The molecule has 1 aliphatic rings. The molecule has 0 heterocycles. The zero-order valence-electron chi connectivity index (χ0n) is 12.8. The molecule has 3 N–H and O–H groups in total. The summed E-state index contributed by atoms with van der Waals surface area (Å²) in [5.41, 5.74) is 6.90. The number of amides is 1. The molecule has 2 unspecified atom stereocenters. The summed E-state index contributed by atoms with van der Waals surface area (Å²) in [4.78, 5) is 12.5. The summed E-state index contributed by atoms with van der Waals surface area (Å²) in [7, 11) is 0. The quantitative estimate of drug-likeness (QED) is 0.818. The predicted molar refractivity (Wildman–Crippen MR) is 85.4 cm³/mol. The van der Waals surface area contributed by atoms with Crippen molar-refractivity contribution >= 4 is 11.6 Å². The Balaban J connectivity index is 2.04. The molecule has 1 aliphatic carbocycles. The van der Waals surface area contributed by atoms with Crippen LogP contribution in [0.15, 0.2) is 24.3 Å². The summed E-state index contributed by atoms with van der Waals surface area (Å²) >= 11 is 0. The third kappa shape index (κ3) is 4.46. The summed E-state index contributed by atoms with van der Waals surface area (Å²) in [6, 6.07) is 7.55. The maximum Gasteiger partial charge on any atom is 0.229 e. The van der Waals surface area contributed by atoms with Crippen molar-refractivity contribution in [3.05, 3.63) is 24.3 Å². The van der Waals surface area contributed by atoms with Crippen molar-refractivity contribution < 1.29 is 9.53 Å². The van der Waals surface area contributed by atoms with Crippen molar-refractivity contribution in [3.63, 3.8) is 0 Å². The van der Waals surface area contributed by atoms with Crippen molar-refractivity contribution in [3.8, 4) is 5.75 Å². The highest BCUT2D eigenvalue weighted by Gasteiger charge is 2.27. The highest BCUT2D eigenvalue weighted by molar-refractivity contribution is 5.94. The number of ether oxygens (including phenoxy) is 1. The number of para-hydroxylation sites is 2. The molecule has 0 aromatic heterocycles. The predicted octanol–water partition coefficient (Wildman–Crippen LogP) is 3.32. The number of anilines is 1. The van der Waals surface area contributed by atoms with Gasteiger partial charge in [0.15, 0.2) is 0 Å². The molecule has 116 valence electrons. The van der Waals surface area contributed by atoms with E-state index in [9.17, 15) is 4.79 Å². The second kappa shape index (κ2) is 8.03. The molecule has 4 heteroatoms. The maximum atomic E-state index is 12.5. The number of carbonyl (C=O) groups is 1. The van der Waals surface area contributed by atoms with Gasteiger partial charge < -0.3 is 15.8 Å². The molecule has 1 aromatic rings. The minimum atomic E-state index is -0.0910. The van der Waals surface area contributed by atoms with Gasteiger partial charge in [-0.3, -0.25) is 4.79 Å². The zero-order valence-corrected chi connectivity index (χ0v) is 12.8. The van der Waals surface area contributed by atoms with E-state index < -0.39 is 0 Å². The first-order chi connectivity index (χ1) is 10.2. The van der Waals surface area contributed by atoms with Gasteiger partial charge >= 0.3 is 0 Å². The van der Waals surface area contributed by atoms with Crippen LogP contribution in [0.2, 0.25) is 0 Å². The van der Waals surface area contributed by atoms with Gasteiger partial charge in [0.1, 0.15) is 5.75 Å². The number of nitrogens with two attached hydrogens (primary N) is 1. The van der Waals surface area contributed by atoms with Crippen LogP contribution < -0.4 is 15.8 Å². The summed E-state index contributed by atoms with van der Waals surface area (Å²) in [6.07, 6.45) is 6.14. The van der Waals surface area contributed by atoms with E-state index in [0.29, 0.717) is 6.61 Å². The van der Waals surface area contributed by atoms with Crippen molar-refractivity contribution in [1.29, 1.82) is 0 Å². The van der Waals surface area contributed by atoms with E-state index in [1.54, 1.807) is 0 Å². The molecule has 2 atom stereocenters. The topological polar surface area (TPSA) is 64.3 Å². The Labute approximate surface area is 127 Å². The lowest BCUT2D eigenvalue weighted by atomic mass is 9.94. The van der Waals surface area contributed by atoms with Crippen LogP contribution >= 0.6 is 0 Å². The fourth-order valence-electron chi connectivity index (χ4n) is 2.80. The van der Waals surface area contributed by atoms with Gasteiger partial charge in [0.2, 0.25) is 5.91 Å². The SMILES string of the molecule is CCCOc1ccccc1NC(=O)C1CCCCCC1N. The summed E-state index contributed by atoms with van der Waals surface area (Å²) < 4.78 is 5.68. The van der Waals surface area contributed by atoms with Crippen LogP contribution in [0.4, 0.5) is 5.69 Å². The van der Waals surface area contributed by atoms with Crippen molar-refractivity contribution in [2.24, 2.45) is 11.7 Å². The Morgan fingerprint density at radius 3 is 2.86 bits per heavy atom. The highest BCUT2D eigenvalue weighted by atomic mass is 16.5. The van der Waals surface area contributed by atoms with Crippen LogP contribution in [0.5, 0.6) is 5.75 Å². The Morgan fingerprint density at radius 1 is 1.29 bits per heavy atom. The third-order valence-electron chi connectivity index (χ3n) is 4.01. The van der Waals surface area contributed by atoms with Crippen molar-refractivity contribution in [2.45, 2.75) is 51.5 Å². The molecule has 1 aromatic carbocycles. The van der Waals surface area contributed by atoms with Gasteiger partial charge in [-0.25, -0.2) is 0 Å². The van der Waals surface area contributed by atoms with Gasteiger partial charge in [-0.1, -0.05) is 38.3 Å². The molecule has 1 saturated carbocycles. The molecular formula is C17H26N2O2.